The van der Waals surface area contributed by atoms with Gasteiger partial charge in [-0.15, -0.1) is 0 Å². The third-order valence-corrected chi connectivity index (χ3v) is 3.85. The molecule has 1 saturated heterocycles. The lowest BCUT2D eigenvalue weighted by molar-refractivity contribution is 0.0414. The minimum absolute atomic E-state index is 0.0205. The van der Waals surface area contributed by atoms with Gasteiger partial charge in [0.15, 0.2) is 0 Å². The summed E-state index contributed by atoms with van der Waals surface area (Å²) >= 11 is 0. The molecule has 0 aromatic carbocycles. The van der Waals surface area contributed by atoms with E-state index in [0.717, 1.165) is 13.1 Å². The first kappa shape index (κ1) is 13.8. The van der Waals surface area contributed by atoms with Gasteiger partial charge in [0.25, 0.3) is 5.91 Å². The van der Waals surface area contributed by atoms with Crippen LogP contribution in [0, 0.1) is 0 Å². The van der Waals surface area contributed by atoms with E-state index < -0.39 is 0 Å². The van der Waals surface area contributed by atoms with Gasteiger partial charge in [0.1, 0.15) is 0 Å². The molecule has 0 aliphatic carbocycles. The monoisotopic (exact) mass is 263 g/mol. The second kappa shape index (κ2) is 5.54. The fourth-order valence-electron chi connectivity index (χ4n) is 2.43. The molecular formula is C13H21N5O. The molecule has 2 atom stereocenters. The van der Waals surface area contributed by atoms with Crippen LogP contribution < -0.4 is 11.3 Å². The van der Waals surface area contributed by atoms with Crippen molar-refractivity contribution in [3.05, 3.63) is 24.0 Å². The van der Waals surface area contributed by atoms with E-state index in [2.05, 4.69) is 36.2 Å². The number of nitrogens with one attached hydrogen (secondary N) is 1. The van der Waals surface area contributed by atoms with Gasteiger partial charge in [-0.1, -0.05) is 0 Å². The van der Waals surface area contributed by atoms with E-state index in [9.17, 15) is 4.79 Å². The zero-order valence-electron chi connectivity index (χ0n) is 11.6. The molecule has 1 amide bonds. The summed E-state index contributed by atoms with van der Waals surface area (Å²) in [6, 6.07) is 2.40. The first-order chi connectivity index (χ1) is 9.04. The normalized spacial score (nSPS) is 24.3. The van der Waals surface area contributed by atoms with Crippen molar-refractivity contribution in [2.45, 2.75) is 25.9 Å². The van der Waals surface area contributed by atoms with Gasteiger partial charge in [-0.3, -0.25) is 20.5 Å². The Bertz CT molecular complexity index is 452. The van der Waals surface area contributed by atoms with Crippen LogP contribution in [0.4, 0.5) is 5.69 Å². The van der Waals surface area contributed by atoms with Crippen LogP contribution in [0.25, 0.3) is 0 Å². The van der Waals surface area contributed by atoms with Gasteiger partial charge in [-0.2, -0.15) is 0 Å². The van der Waals surface area contributed by atoms with Gasteiger partial charge in [-0.05, 0) is 27.0 Å². The summed E-state index contributed by atoms with van der Waals surface area (Å²) in [5.41, 5.74) is 3.68. The fourth-order valence-corrected chi connectivity index (χ4v) is 2.43. The van der Waals surface area contributed by atoms with Gasteiger partial charge < -0.3 is 10.3 Å². The first-order valence-electron chi connectivity index (χ1n) is 6.46. The Morgan fingerprint density at radius 1 is 1.42 bits per heavy atom. The molecule has 2 rings (SSSR count). The molecule has 1 aromatic rings. The molecule has 0 bridgehead atoms. The molecule has 1 aliphatic heterocycles. The Kier molecular flexibility index (Phi) is 4.01. The SMILES string of the molecule is CC1CN(C(=O)c2cnccc2NN)CC(C)N1C. The van der Waals surface area contributed by atoms with Crippen LogP contribution in [0.1, 0.15) is 24.2 Å². The number of hydrogen-bond acceptors (Lipinski definition) is 5. The number of pyridine rings is 1. The number of aromatic nitrogens is 1. The quantitative estimate of drug-likeness (QED) is 0.601. The van der Waals surface area contributed by atoms with E-state index in [1.165, 1.54) is 0 Å². The smallest absolute Gasteiger partial charge is 0.257 e. The molecule has 19 heavy (non-hydrogen) atoms. The number of hydrogen-bond donors (Lipinski definition) is 2. The molecule has 1 fully saturated rings. The van der Waals surface area contributed by atoms with Gasteiger partial charge in [-0.25, -0.2) is 0 Å². The predicted molar refractivity (Wildman–Crippen MR) is 74.6 cm³/mol. The number of amides is 1. The highest BCUT2D eigenvalue weighted by Gasteiger charge is 2.30. The Morgan fingerprint density at radius 2 is 2.05 bits per heavy atom. The lowest BCUT2D eigenvalue weighted by Gasteiger charge is -2.42. The number of hydrazine groups is 1. The van der Waals surface area contributed by atoms with Crippen LogP contribution in [0.2, 0.25) is 0 Å². The van der Waals surface area contributed by atoms with E-state index in [1.54, 1.807) is 18.5 Å². The highest BCUT2D eigenvalue weighted by Crippen LogP contribution is 2.19. The third-order valence-electron chi connectivity index (χ3n) is 3.85. The second-order valence-electron chi connectivity index (χ2n) is 5.14. The summed E-state index contributed by atoms with van der Waals surface area (Å²) in [4.78, 5) is 20.7. The van der Waals surface area contributed by atoms with Crippen LogP contribution in [0.5, 0.6) is 0 Å². The van der Waals surface area contributed by atoms with Crippen molar-refractivity contribution in [1.82, 2.24) is 14.8 Å². The molecule has 0 saturated carbocycles. The van der Waals surface area contributed by atoms with Crippen LogP contribution >= 0.6 is 0 Å². The van der Waals surface area contributed by atoms with Crippen molar-refractivity contribution in [2.75, 3.05) is 25.6 Å². The first-order valence-corrected chi connectivity index (χ1v) is 6.46. The Hall–Kier alpha value is -1.66. The number of nitrogen functional groups attached to an aromatic ring is 1. The standard InChI is InChI=1S/C13H21N5O/c1-9-7-18(8-10(2)17(9)3)13(19)11-6-15-5-4-12(11)16-14/h4-6,9-10H,7-8,14H2,1-3H3,(H,15,16). The van der Waals surface area contributed by atoms with Gasteiger partial charge in [0, 0.05) is 37.6 Å². The maximum absolute atomic E-state index is 12.5. The third kappa shape index (κ3) is 2.69. The molecular weight excluding hydrogens is 242 g/mol. The summed E-state index contributed by atoms with van der Waals surface area (Å²) in [7, 11) is 2.09. The van der Waals surface area contributed by atoms with Crippen LogP contribution in [0.15, 0.2) is 18.5 Å². The summed E-state index contributed by atoms with van der Waals surface area (Å²) < 4.78 is 0. The van der Waals surface area contributed by atoms with Crippen molar-refractivity contribution >= 4 is 11.6 Å². The fraction of sp³-hybridized carbons (Fsp3) is 0.538. The molecule has 0 radical (unpaired) electrons. The highest BCUT2D eigenvalue weighted by molar-refractivity contribution is 5.99. The van der Waals surface area contributed by atoms with Gasteiger partial charge in [0.05, 0.1) is 11.3 Å². The number of carbonyl (C=O) groups excluding carboxylic acids is 1. The predicted octanol–water partition coefficient (Wildman–Crippen LogP) is 0.532. The summed E-state index contributed by atoms with van der Waals surface area (Å²) in [6.45, 7) is 5.69. The molecule has 3 N–H and O–H groups in total. The number of piperazine rings is 1. The van der Waals surface area contributed by atoms with Crippen molar-refractivity contribution in [3.63, 3.8) is 0 Å². The summed E-state index contributed by atoms with van der Waals surface area (Å²) in [6.07, 6.45) is 3.17. The van der Waals surface area contributed by atoms with Crippen LogP contribution in [0.3, 0.4) is 0 Å². The molecule has 6 heteroatoms. The van der Waals surface area contributed by atoms with Gasteiger partial charge >= 0.3 is 0 Å². The molecule has 2 heterocycles. The van der Waals surface area contributed by atoms with Crippen molar-refractivity contribution < 1.29 is 4.79 Å². The molecule has 104 valence electrons. The van der Waals surface area contributed by atoms with Crippen LogP contribution in [-0.2, 0) is 0 Å². The number of carbonyl (C=O) groups is 1. The number of nitrogens with two attached hydrogens (primary N) is 1. The maximum atomic E-state index is 12.5. The minimum Gasteiger partial charge on any atom is -0.335 e. The Labute approximate surface area is 113 Å². The van der Waals surface area contributed by atoms with Crippen molar-refractivity contribution in [1.29, 1.82) is 0 Å². The zero-order chi connectivity index (χ0) is 14.0. The minimum atomic E-state index is -0.0205. The topological polar surface area (TPSA) is 74.5 Å². The van der Waals surface area contributed by atoms with Gasteiger partial charge in [0.2, 0.25) is 0 Å². The maximum Gasteiger partial charge on any atom is 0.257 e. The number of nitrogens with zero attached hydrogens (tertiary/aromatic N) is 3. The lowest BCUT2D eigenvalue weighted by Crippen LogP contribution is -2.56. The molecule has 6 nitrogen and oxygen atoms in total. The largest absolute Gasteiger partial charge is 0.335 e. The molecule has 2 unspecified atom stereocenters. The second-order valence-corrected chi connectivity index (χ2v) is 5.14. The molecule has 0 spiro atoms. The van der Waals surface area contributed by atoms with E-state index in [1.807, 2.05) is 4.90 Å². The van der Waals surface area contributed by atoms with Crippen LogP contribution in [-0.4, -0.2) is 52.9 Å². The zero-order valence-corrected chi connectivity index (χ0v) is 11.6. The van der Waals surface area contributed by atoms with E-state index in [-0.39, 0.29) is 5.91 Å². The average molecular weight is 263 g/mol. The highest BCUT2D eigenvalue weighted by atomic mass is 16.2. The van der Waals surface area contributed by atoms with E-state index >= 15 is 0 Å². The number of likely N-dealkylation sites (N-methyl/N-ethyl adjacent to an activating group) is 1. The number of rotatable bonds is 2. The summed E-state index contributed by atoms with van der Waals surface area (Å²) in [5.74, 6) is 5.42. The summed E-state index contributed by atoms with van der Waals surface area (Å²) in [5, 5.41) is 0. The Balaban J connectivity index is 2.20. The average Bonchev–Trinajstić information content (AvgIpc) is 2.43. The van der Waals surface area contributed by atoms with Crippen molar-refractivity contribution in [3.8, 4) is 0 Å². The molecule has 1 aromatic heterocycles. The van der Waals surface area contributed by atoms with E-state index in [0.29, 0.717) is 23.3 Å². The lowest BCUT2D eigenvalue weighted by atomic mass is 10.1. The Morgan fingerprint density at radius 3 is 2.63 bits per heavy atom. The van der Waals surface area contributed by atoms with Crippen molar-refractivity contribution in [2.24, 2.45) is 5.84 Å². The molecule has 1 aliphatic rings. The van der Waals surface area contributed by atoms with E-state index in [4.69, 9.17) is 5.84 Å². The number of anilines is 1.